The van der Waals surface area contributed by atoms with Gasteiger partial charge < -0.3 is 4.52 Å². The van der Waals surface area contributed by atoms with Gasteiger partial charge in [0.15, 0.2) is 0 Å². The summed E-state index contributed by atoms with van der Waals surface area (Å²) in [6.45, 7) is 9.62. The third-order valence-electron chi connectivity index (χ3n) is 4.91. The second-order valence-corrected chi connectivity index (χ2v) is 6.99. The van der Waals surface area contributed by atoms with E-state index in [1.54, 1.807) is 6.07 Å². The molecular formula is C18H27N5O2. The molecule has 25 heavy (non-hydrogen) atoms. The largest absolute Gasteiger partial charge is 0.338 e. The SMILES string of the molecule is Cc1cc(NC(=O)C(C)N2CCCCC2Cn2nc(C)cc2C)on1. The van der Waals surface area contributed by atoms with Gasteiger partial charge in [0.1, 0.15) is 0 Å². The fraction of sp³-hybridized carbons (Fsp3) is 0.611. The number of piperidine rings is 1. The van der Waals surface area contributed by atoms with Crippen LogP contribution in [0.3, 0.4) is 0 Å². The minimum absolute atomic E-state index is 0.0589. The zero-order valence-electron chi connectivity index (χ0n) is 15.5. The lowest BCUT2D eigenvalue weighted by atomic mass is 9.99. The number of rotatable bonds is 5. The standard InChI is InChI=1S/C18H27N5O2/c1-12-9-14(3)23(20-12)11-16-7-5-6-8-22(16)15(4)18(24)19-17-10-13(2)21-25-17/h9-10,15-16H,5-8,11H2,1-4H3,(H,19,24). The average molecular weight is 345 g/mol. The van der Waals surface area contributed by atoms with Gasteiger partial charge in [0.2, 0.25) is 11.8 Å². The van der Waals surface area contributed by atoms with Gasteiger partial charge in [-0.05, 0) is 53.1 Å². The number of aromatic nitrogens is 3. The molecule has 136 valence electrons. The Bertz CT molecular complexity index is 736. The highest BCUT2D eigenvalue weighted by Crippen LogP contribution is 2.22. The third kappa shape index (κ3) is 4.10. The molecule has 0 aliphatic carbocycles. The van der Waals surface area contributed by atoms with Crippen molar-refractivity contribution in [2.24, 2.45) is 0 Å². The van der Waals surface area contributed by atoms with Crippen LogP contribution in [0.25, 0.3) is 0 Å². The maximum atomic E-state index is 12.6. The van der Waals surface area contributed by atoms with Gasteiger partial charge in [0.05, 0.1) is 24.0 Å². The first-order valence-electron chi connectivity index (χ1n) is 8.95. The van der Waals surface area contributed by atoms with Gasteiger partial charge >= 0.3 is 0 Å². The number of hydrogen-bond donors (Lipinski definition) is 1. The number of aryl methyl sites for hydroxylation is 3. The molecular weight excluding hydrogens is 318 g/mol. The van der Waals surface area contributed by atoms with E-state index in [2.05, 4.69) is 38.1 Å². The average Bonchev–Trinajstić information content (AvgIpc) is 3.12. The molecule has 1 fully saturated rings. The minimum Gasteiger partial charge on any atom is -0.338 e. The highest BCUT2D eigenvalue weighted by atomic mass is 16.5. The lowest BCUT2D eigenvalue weighted by Crippen LogP contribution is -2.51. The topological polar surface area (TPSA) is 76.2 Å². The van der Waals surface area contributed by atoms with Crippen molar-refractivity contribution in [3.05, 3.63) is 29.2 Å². The molecule has 2 aromatic heterocycles. The van der Waals surface area contributed by atoms with Gasteiger partial charge in [-0.25, -0.2) is 0 Å². The zero-order valence-corrected chi connectivity index (χ0v) is 15.5. The van der Waals surface area contributed by atoms with Crippen LogP contribution in [-0.2, 0) is 11.3 Å². The second-order valence-electron chi connectivity index (χ2n) is 6.99. The van der Waals surface area contributed by atoms with Gasteiger partial charge in [-0.3, -0.25) is 19.7 Å². The van der Waals surface area contributed by atoms with Gasteiger partial charge in [-0.15, -0.1) is 0 Å². The van der Waals surface area contributed by atoms with Crippen molar-refractivity contribution in [1.29, 1.82) is 0 Å². The monoisotopic (exact) mass is 345 g/mol. The molecule has 0 bridgehead atoms. The van der Waals surface area contributed by atoms with Crippen LogP contribution in [0.1, 0.15) is 43.3 Å². The number of carbonyl (C=O) groups excluding carboxylic acids is 1. The molecule has 3 rings (SSSR count). The Labute approximate surface area is 148 Å². The molecule has 2 unspecified atom stereocenters. The van der Waals surface area contributed by atoms with E-state index in [0.717, 1.165) is 43.0 Å². The van der Waals surface area contributed by atoms with Crippen molar-refractivity contribution in [2.45, 2.75) is 65.6 Å². The minimum atomic E-state index is -0.229. The van der Waals surface area contributed by atoms with Crippen LogP contribution >= 0.6 is 0 Å². The van der Waals surface area contributed by atoms with Crippen molar-refractivity contribution in [1.82, 2.24) is 19.8 Å². The summed E-state index contributed by atoms with van der Waals surface area (Å²) < 4.78 is 7.16. The number of nitrogens with zero attached hydrogens (tertiary/aromatic N) is 4. The van der Waals surface area contributed by atoms with Crippen LogP contribution in [0, 0.1) is 20.8 Å². The van der Waals surface area contributed by atoms with Crippen LogP contribution < -0.4 is 5.32 Å². The van der Waals surface area contributed by atoms with Crippen LogP contribution in [0.2, 0.25) is 0 Å². The van der Waals surface area contributed by atoms with Crippen LogP contribution in [0.4, 0.5) is 5.88 Å². The number of hydrogen-bond acceptors (Lipinski definition) is 5. The second kappa shape index (κ2) is 7.39. The molecule has 0 radical (unpaired) electrons. The Morgan fingerprint density at radius 2 is 2.12 bits per heavy atom. The first-order chi connectivity index (χ1) is 11.9. The highest BCUT2D eigenvalue weighted by Gasteiger charge is 2.31. The molecule has 1 amide bonds. The molecule has 0 aromatic carbocycles. The van der Waals surface area contributed by atoms with Crippen LogP contribution in [-0.4, -0.2) is 44.4 Å². The molecule has 1 N–H and O–H groups in total. The summed E-state index contributed by atoms with van der Waals surface area (Å²) in [5, 5.41) is 11.2. The van der Waals surface area contributed by atoms with Crippen LogP contribution in [0.5, 0.6) is 0 Å². The fourth-order valence-electron chi connectivity index (χ4n) is 3.59. The molecule has 1 aliphatic rings. The Hall–Kier alpha value is -2.15. The van der Waals surface area contributed by atoms with Gasteiger partial charge in [-0.2, -0.15) is 5.10 Å². The quantitative estimate of drug-likeness (QED) is 0.901. The molecule has 1 saturated heterocycles. The lowest BCUT2D eigenvalue weighted by molar-refractivity contribution is -0.122. The Kier molecular flexibility index (Phi) is 5.22. The van der Waals surface area contributed by atoms with E-state index < -0.39 is 0 Å². The molecule has 1 aliphatic heterocycles. The van der Waals surface area contributed by atoms with E-state index in [9.17, 15) is 4.79 Å². The number of anilines is 1. The molecule has 0 saturated carbocycles. The maximum Gasteiger partial charge on any atom is 0.243 e. The zero-order chi connectivity index (χ0) is 18.0. The molecule has 7 nitrogen and oxygen atoms in total. The van der Waals surface area contributed by atoms with E-state index in [1.807, 2.05) is 20.8 Å². The first-order valence-corrected chi connectivity index (χ1v) is 8.95. The Morgan fingerprint density at radius 3 is 2.76 bits per heavy atom. The van der Waals surface area contributed by atoms with Crippen molar-refractivity contribution in [3.63, 3.8) is 0 Å². The molecule has 2 aromatic rings. The van der Waals surface area contributed by atoms with E-state index in [-0.39, 0.29) is 11.9 Å². The van der Waals surface area contributed by atoms with Gasteiger partial charge in [-0.1, -0.05) is 11.6 Å². The van der Waals surface area contributed by atoms with Crippen molar-refractivity contribution in [3.8, 4) is 0 Å². The predicted molar refractivity (Wildman–Crippen MR) is 95.4 cm³/mol. The summed E-state index contributed by atoms with van der Waals surface area (Å²) in [6.07, 6.45) is 3.39. The Morgan fingerprint density at radius 1 is 1.32 bits per heavy atom. The van der Waals surface area contributed by atoms with Crippen molar-refractivity contribution in [2.75, 3.05) is 11.9 Å². The maximum absolute atomic E-state index is 12.6. The van der Waals surface area contributed by atoms with E-state index in [1.165, 1.54) is 6.42 Å². The molecule has 2 atom stereocenters. The van der Waals surface area contributed by atoms with Gasteiger partial charge in [0, 0.05) is 17.8 Å². The summed E-state index contributed by atoms with van der Waals surface area (Å²) in [5.41, 5.74) is 2.95. The molecule has 0 spiro atoms. The van der Waals surface area contributed by atoms with Crippen LogP contribution in [0.15, 0.2) is 16.7 Å². The van der Waals surface area contributed by atoms with Gasteiger partial charge in [0.25, 0.3) is 0 Å². The number of amides is 1. The summed E-state index contributed by atoms with van der Waals surface area (Å²) in [4.78, 5) is 14.9. The third-order valence-corrected chi connectivity index (χ3v) is 4.91. The molecule has 7 heteroatoms. The van der Waals surface area contributed by atoms with E-state index in [0.29, 0.717) is 11.9 Å². The molecule has 3 heterocycles. The Balaban J connectivity index is 1.68. The lowest BCUT2D eigenvalue weighted by Gasteiger charge is -2.39. The van der Waals surface area contributed by atoms with E-state index >= 15 is 0 Å². The van der Waals surface area contributed by atoms with Crippen molar-refractivity contribution < 1.29 is 9.32 Å². The number of nitrogens with one attached hydrogen (secondary N) is 1. The summed E-state index contributed by atoms with van der Waals surface area (Å²) >= 11 is 0. The summed E-state index contributed by atoms with van der Waals surface area (Å²) in [7, 11) is 0. The highest BCUT2D eigenvalue weighted by molar-refractivity contribution is 5.93. The fourth-order valence-corrected chi connectivity index (χ4v) is 3.59. The number of likely N-dealkylation sites (tertiary alicyclic amines) is 1. The predicted octanol–water partition coefficient (Wildman–Crippen LogP) is 2.68. The summed E-state index contributed by atoms with van der Waals surface area (Å²) in [6, 6.07) is 3.90. The van der Waals surface area contributed by atoms with E-state index in [4.69, 9.17) is 4.52 Å². The number of carbonyl (C=O) groups is 1. The smallest absolute Gasteiger partial charge is 0.243 e. The normalized spacial score (nSPS) is 19.8. The first kappa shape index (κ1) is 17.7. The summed E-state index contributed by atoms with van der Waals surface area (Å²) in [5.74, 6) is 0.345. The van der Waals surface area contributed by atoms with Crippen molar-refractivity contribution >= 4 is 11.8 Å².